The summed E-state index contributed by atoms with van der Waals surface area (Å²) in [6, 6.07) is 3.92. The van der Waals surface area contributed by atoms with Crippen LogP contribution in [0.3, 0.4) is 0 Å². The molecule has 168 valence electrons. The van der Waals surface area contributed by atoms with Crippen molar-refractivity contribution in [3.05, 3.63) is 22.7 Å². The second-order valence-electron chi connectivity index (χ2n) is 8.75. The van der Waals surface area contributed by atoms with Crippen LogP contribution in [0.2, 0.25) is 0 Å². The van der Waals surface area contributed by atoms with Crippen molar-refractivity contribution in [1.29, 1.82) is 0 Å². The number of hydrogen-bond acceptors (Lipinski definition) is 5. The summed E-state index contributed by atoms with van der Waals surface area (Å²) in [4.78, 5) is 38.5. The fraction of sp³-hybridized carbons (Fsp3) is 0.550. The van der Waals surface area contributed by atoms with E-state index >= 15 is 0 Å². The number of benzene rings is 1. The zero-order valence-electron chi connectivity index (χ0n) is 17.4. The lowest BCUT2D eigenvalue weighted by Gasteiger charge is -2.21. The van der Waals surface area contributed by atoms with Gasteiger partial charge in [-0.3, -0.25) is 14.5 Å². The fourth-order valence-electron chi connectivity index (χ4n) is 4.17. The first-order valence-electron chi connectivity index (χ1n) is 10.3. The average Bonchev–Trinajstić information content (AvgIpc) is 3.43. The highest BCUT2D eigenvalue weighted by molar-refractivity contribution is 9.10. The zero-order chi connectivity index (χ0) is 22.6. The molecule has 3 aliphatic rings. The van der Waals surface area contributed by atoms with E-state index in [-0.39, 0.29) is 16.5 Å². The molecule has 4 rings (SSSR count). The van der Waals surface area contributed by atoms with Gasteiger partial charge in [-0.2, -0.15) is 4.31 Å². The van der Waals surface area contributed by atoms with Crippen molar-refractivity contribution in [2.24, 2.45) is 11.8 Å². The van der Waals surface area contributed by atoms with Crippen molar-refractivity contribution in [1.82, 2.24) is 14.5 Å². The highest BCUT2D eigenvalue weighted by Gasteiger charge is 2.56. The first-order chi connectivity index (χ1) is 14.5. The Balaban J connectivity index is 1.47. The summed E-state index contributed by atoms with van der Waals surface area (Å²) >= 11 is 3.29. The molecule has 0 bridgehead atoms. The van der Waals surface area contributed by atoms with Gasteiger partial charge in [-0.25, -0.2) is 13.2 Å². The molecule has 2 aliphatic heterocycles. The number of imide groups is 1. The molecule has 31 heavy (non-hydrogen) atoms. The highest BCUT2D eigenvalue weighted by atomic mass is 79.9. The van der Waals surface area contributed by atoms with E-state index in [1.165, 1.54) is 10.4 Å². The van der Waals surface area contributed by atoms with Crippen LogP contribution >= 0.6 is 15.9 Å². The quantitative estimate of drug-likeness (QED) is 0.566. The fourth-order valence-corrected chi connectivity index (χ4v) is 6.70. The van der Waals surface area contributed by atoms with E-state index < -0.39 is 40.0 Å². The van der Waals surface area contributed by atoms with Gasteiger partial charge in [0.15, 0.2) is 0 Å². The number of urea groups is 1. The van der Waals surface area contributed by atoms with Crippen molar-refractivity contribution >= 4 is 49.5 Å². The Bertz CT molecular complexity index is 1060. The summed E-state index contributed by atoms with van der Waals surface area (Å²) in [5.41, 5.74) is -0.681. The molecule has 0 aromatic heterocycles. The predicted octanol–water partition coefficient (Wildman–Crippen LogP) is 2.14. The lowest BCUT2D eigenvalue weighted by molar-refractivity contribution is -0.134. The van der Waals surface area contributed by atoms with E-state index in [2.05, 4.69) is 26.6 Å². The van der Waals surface area contributed by atoms with E-state index in [1.807, 2.05) is 6.92 Å². The number of halogens is 1. The van der Waals surface area contributed by atoms with Gasteiger partial charge in [-0.1, -0.05) is 6.92 Å². The van der Waals surface area contributed by atoms with E-state index in [1.54, 1.807) is 19.1 Å². The molecule has 3 fully saturated rings. The Morgan fingerprint density at radius 1 is 1.29 bits per heavy atom. The summed E-state index contributed by atoms with van der Waals surface area (Å²) in [7, 11) is -3.71. The normalized spacial score (nSPS) is 26.9. The van der Waals surface area contributed by atoms with Gasteiger partial charge in [0.2, 0.25) is 15.9 Å². The summed E-state index contributed by atoms with van der Waals surface area (Å²) in [5, 5.41) is 5.30. The molecule has 0 radical (unpaired) electrons. The Kier molecular flexibility index (Phi) is 5.63. The maximum Gasteiger partial charge on any atom is 0.325 e. The van der Waals surface area contributed by atoms with E-state index in [0.29, 0.717) is 23.5 Å². The smallest absolute Gasteiger partial charge is 0.324 e. The number of anilines is 1. The molecule has 1 saturated carbocycles. The van der Waals surface area contributed by atoms with Crippen molar-refractivity contribution in [3.63, 3.8) is 0 Å². The van der Waals surface area contributed by atoms with E-state index in [9.17, 15) is 22.8 Å². The molecule has 1 aromatic rings. The van der Waals surface area contributed by atoms with Crippen LogP contribution in [0, 0.1) is 11.8 Å². The molecular weight excluding hydrogens is 488 g/mol. The van der Waals surface area contributed by atoms with Crippen molar-refractivity contribution in [2.75, 3.05) is 25.0 Å². The number of carbonyl (C=O) groups is 3. The molecule has 0 unspecified atom stereocenters. The Labute approximate surface area is 189 Å². The van der Waals surface area contributed by atoms with Gasteiger partial charge in [0.05, 0.1) is 4.90 Å². The molecule has 1 aromatic carbocycles. The third kappa shape index (κ3) is 4.10. The molecule has 0 spiro atoms. The minimum atomic E-state index is -3.71. The first kappa shape index (κ1) is 22.2. The lowest BCUT2D eigenvalue weighted by atomic mass is 9.96. The molecule has 2 atom stereocenters. The standard InChI is InChI=1S/C20H25BrN4O5S/c1-12-7-8-24(10-12)31(29,30)16-9-14(5-6-15(16)21)22-17(26)11-25-18(27)20(2,13-3-4-13)23-19(25)28/h5-6,9,12-13H,3-4,7-8,10-11H2,1-2H3,(H,22,26)(H,23,28)/t12-,20-/m0/s1. The van der Waals surface area contributed by atoms with Gasteiger partial charge in [-0.15, -0.1) is 0 Å². The van der Waals surface area contributed by atoms with Crippen LogP contribution in [0.4, 0.5) is 10.5 Å². The summed E-state index contributed by atoms with van der Waals surface area (Å²) in [6.45, 7) is 4.17. The monoisotopic (exact) mass is 512 g/mol. The molecular formula is C20H25BrN4O5S. The molecule has 4 amide bonds. The second-order valence-corrected chi connectivity index (χ2v) is 11.5. The second kappa shape index (κ2) is 7.86. The third-order valence-electron chi connectivity index (χ3n) is 6.22. The van der Waals surface area contributed by atoms with Gasteiger partial charge in [0, 0.05) is 23.2 Å². The Hall–Kier alpha value is -1.98. The Morgan fingerprint density at radius 2 is 2.00 bits per heavy atom. The van der Waals surface area contributed by atoms with E-state index in [0.717, 1.165) is 24.2 Å². The average molecular weight is 513 g/mol. The molecule has 2 N–H and O–H groups in total. The van der Waals surface area contributed by atoms with Crippen LogP contribution in [-0.2, 0) is 19.6 Å². The maximum absolute atomic E-state index is 13.0. The number of sulfonamides is 1. The largest absolute Gasteiger partial charge is 0.325 e. The molecule has 11 heteroatoms. The summed E-state index contributed by atoms with van der Waals surface area (Å²) in [5.74, 6) is -0.590. The summed E-state index contributed by atoms with van der Waals surface area (Å²) in [6.07, 6.45) is 2.54. The first-order valence-corrected chi connectivity index (χ1v) is 12.5. The van der Waals surface area contributed by atoms with Crippen molar-refractivity contribution in [3.8, 4) is 0 Å². The number of rotatable bonds is 6. The van der Waals surface area contributed by atoms with Crippen molar-refractivity contribution < 1.29 is 22.8 Å². The van der Waals surface area contributed by atoms with Crippen LogP contribution in [0.25, 0.3) is 0 Å². The molecule has 9 nitrogen and oxygen atoms in total. The molecule has 2 heterocycles. The minimum absolute atomic E-state index is 0.0655. The SMILES string of the molecule is C[C@H]1CCN(S(=O)(=O)c2cc(NC(=O)CN3C(=O)N[C@@](C)(C4CC4)C3=O)ccc2Br)C1. The topological polar surface area (TPSA) is 116 Å². The van der Waals surface area contributed by atoms with Crippen LogP contribution in [-0.4, -0.2) is 60.6 Å². The third-order valence-corrected chi connectivity index (χ3v) is 9.08. The number of hydrogen-bond donors (Lipinski definition) is 2. The van der Waals surface area contributed by atoms with Gasteiger partial charge >= 0.3 is 6.03 Å². The minimum Gasteiger partial charge on any atom is -0.324 e. The van der Waals surface area contributed by atoms with Crippen LogP contribution < -0.4 is 10.6 Å². The van der Waals surface area contributed by atoms with Gasteiger partial charge in [0.1, 0.15) is 12.1 Å². The van der Waals surface area contributed by atoms with Crippen LogP contribution in [0.1, 0.15) is 33.1 Å². The number of nitrogens with one attached hydrogen (secondary N) is 2. The van der Waals surface area contributed by atoms with Gasteiger partial charge < -0.3 is 10.6 Å². The Morgan fingerprint density at radius 3 is 2.61 bits per heavy atom. The van der Waals surface area contributed by atoms with Gasteiger partial charge in [0.25, 0.3) is 5.91 Å². The maximum atomic E-state index is 13.0. The van der Waals surface area contributed by atoms with Gasteiger partial charge in [-0.05, 0) is 72.2 Å². The van der Waals surface area contributed by atoms with Crippen molar-refractivity contribution in [2.45, 2.75) is 43.5 Å². The lowest BCUT2D eigenvalue weighted by Crippen LogP contribution is -2.46. The van der Waals surface area contributed by atoms with Crippen LogP contribution in [0.15, 0.2) is 27.6 Å². The predicted molar refractivity (Wildman–Crippen MR) is 117 cm³/mol. The zero-order valence-corrected chi connectivity index (χ0v) is 19.8. The van der Waals surface area contributed by atoms with Crippen LogP contribution in [0.5, 0.6) is 0 Å². The highest BCUT2D eigenvalue weighted by Crippen LogP contribution is 2.42. The molecule has 2 saturated heterocycles. The number of amides is 4. The number of nitrogens with zero attached hydrogens (tertiary/aromatic N) is 2. The number of carbonyl (C=O) groups excluding carboxylic acids is 3. The van der Waals surface area contributed by atoms with E-state index in [4.69, 9.17) is 0 Å². The summed E-state index contributed by atoms with van der Waals surface area (Å²) < 4.78 is 27.9. The molecule has 1 aliphatic carbocycles.